The van der Waals surface area contributed by atoms with Gasteiger partial charge < -0.3 is 5.11 Å². The molecule has 0 radical (unpaired) electrons. The number of aromatic nitrogens is 2. The number of rotatable bonds is 5. The fourth-order valence-corrected chi connectivity index (χ4v) is 3.96. The number of Topliss-reactive ketones (excluding diaryl/α,β-unsaturated/α-hetero) is 2. The van der Waals surface area contributed by atoms with Crippen LogP contribution in [0.2, 0.25) is 0 Å². The summed E-state index contributed by atoms with van der Waals surface area (Å²) in [5.74, 6) is -1.21. The number of carbonyl (C=O) groups is 2. The van der Waals surface area contributed by atoms with Crippen LogP contribution in [0.5, 0.6) is 0 Å². The number of hydrogen-bond donors (Lipinski definition) is 1. The van der Waals surface area contributed by atoms with Crippen LogP contribution in [0.3, 0.4) is 0 Å². The molecule has 1 aliphatic carbocycles. The summed E-state index contributed by atoms with van der Waals surface area (Å²) in [5.41, 5.74) is 1.20. The van der Waals surface area contributed by atoms with Crippen molar-refractivity contribution in [1.29, 1.82) is 0 Å². The van der Waals surface area contributed by atoms with Crippen LogP contribution in [0.15, 0.2) is 38.9 Å². The maximum atomic E-state index is 13.1. The molecule has 1 fully saturated rings. The van der Waals surface area contributed by atoms with Crippen molar-refractivity contribution in [2.75, 3.05) is 0 Å². The number of aryl methyl sites for hydroxylation is 1. The molecule has 0 bridgehead atoms. The molecule has 0 atom stereocenters. The standard InChI is InChI=1S/C22H23ClN2O5/c1-3-11-25-21(29)18-13(2)14(20(28)19-16(26)6-4-7-17(19)27)8-9-15(18)24(22(25)30)12-5-10-23/h5,8-10,28H,3-4,6-7,11-12H2,1-2H3/b10-5+. The fourth-order valence-electron chi connectivity index (χ4n) is 3.88. The Kier molecular flexibility index (Phi) is 6.41. The quantitative estimate of drug-likeness (QED) is 0.446. The van der Waals surface area contributed by atoms with Crippen LogP contribution < -0.4 is 11.2 Å². The third-order valence-corrected chi connectivity index (χ3v) is 5.51. The molecule has 1 aromatic heterocycles. The Labute approximate surface area is 177 Å². The number of carbonyl (C=O) groups excluding carboxylic acids is 2. The van der Waals surface area contributed by atoms with Gasteiger partial charge in [-0.25, -0.2) is 4.79 Å². The molecule has 1 heterocycles. The summed E-state index contributed by atoms with van der Waals surface area (Å²) in [7, 11) is 0. The second kappa shape index (κ2) is 8.83. The first-order chi connectivity index (χ1) is 14.3. The van der Waals surface area contributed by atoms with E-state index in [1.807, 2.05) is 6.92 Å². The van der Waals surface area contributed by atoms with Gasteiger partial charge in [0, 0.05) is 37.0 Å². The summed E-state index contributed by atoms with van der Waals surface area (Å²) in [4.78, 5) is 50.5. The normalized spacial score (nSPS) is 14.8. The van der Waals surface area contributed by atoms with E-state index in [0.717, 1.165) is 4.57 Å². The third-order valence-electron chi connectivity index (χ3n) is 5.34. The van der Waals surface area contributed by atoms with Gasteiger partial charge in [0.1, 0.15) is 11.3 Å². The number of halogens is 1. The Morgan fingerprint density at radius 2 is 1.80 bits per heavy atom. The summed E-state index contributed by atoms with van der Waals surface area (Å²) in [6, 6.07) is 3.08. The minimum atomic E-state index is -0.471. The third kappa shape index (κ3) is 3.65. The van der Waals surface area contributed by atoms with E-state index >= 15 is 0 Å². The highest BCUT2D eigenvalue weighted by molar-refractivity contribution is 6.26. The molecule has 1 N–H and O–H groups in total. The summed E-state index contributed by atoms with van der Waals surface area (Å²) in [6.07, 6.45) is 3.04. The number of benzene rings is 1. The summed E-state index contributed by atoms with van der Waals surface area (Å²) < 4.78 is 2.59. The predicted octanol–water partition coefficient (Wildman–Crippen LogP) is 3.23. The van der Waals surface area contributed by atoms with Crippen LogP contribution in [0, 0.1) is 6.92 Å². The van der Waals surface area contributed by atoms with E-state index in [1.165, 1.54) is 16.2 Å². The van der Waals surface area contributed by atoms with Gasteiger partial charge >= 0.3 is 5.69 Å². The Bertz CT molecular complexity index is 1200. The molecule has 1 aromatic carbocycles. The molecular weight excluding hydrogens is 408 g/mol. The Morgan fingerprint density at radius 1 is 1.13 bits per heavy atom. The summed E-state index contributed by atoms with van der Waals surface area (Å²) in [6.45, 7) is 3.91. The molecule has 0 unspecified atom stereocenters. The van der Waals surface area contributed by atoms with E-state index in [9.17, 15) is 24.3 Å². The molecule has 30 heavy (non-hydrogen) atoms. The fraction of sp³-hybridized carbons (Fsp3) is 0.364. The van der Waals surface area contributed by atoms with Gasteiger partial charge in [-0.3, -0.25) is 23.5 Å². The van der Waals surface area contributed by atoms with Crippen LogP contribution in [-0.2, 0) is 22.7 Å². The van der Waals surface area contributed by atoms with Crippen LogP contribution in [0.1, 0.15) is 43.7 Å². The average Bonchev–Trinajstić information content (AvgIpc) is 2.70. The highest BCUT2D eigenvalue weighted by Crippen LogP contribution is 2.29. The van der Waals surface area contributed by atoms with Crippen molar-refractivity contribution in [3.05, 3.63) is 61.3 Å². The molecular formula is C22H23ClN2O5. The largest absolute Gasteiger partial charge is 0.506 e. The molecule has 0 spiro atoms. The zero-order valence-electron chi connectivity index (χ0n) is 16.9. The summed E-state index contributed by atoms with van der Waals surface area (Å²) >= 11 is 5.63. The lowest BCUT2D eigenvalue weighted by Gasteiger charge is -2.18. The second-order valence-corrected chi connectivity index (χ2v) is 7.52. The molecule has 8 heteroatoms. The van der Waals surface area contributed by atoms with Crippen LogP contribution >= 0.6 is 11.6 Å². The van der Waals surface area contributed by atoms with Crippen molar-refractivity contribution >= 4 is 39.8 Å². The number of hydrogen-bond acceptors (Lipinski definition) is 5. The van der Waals surface area contributed by atoms with Crippen molar-refractivity contribution < 1.29 is 14.7 Å². The first-order valence-electron chi connectivity index (χ1n) is 9.85. The van der Waals surface area contributed by atoms with Crippen LogP contribution in [0.25, 0.3) is 16.7 Å². The molecule has 0 amide bonds. The Balaban J connectivity index is 2.38. The van der Waals surface area contributed by atoms with Gasteiger partial charge in [-0.2, -0.15) is 0 Å². The SMILES string of the molecule is CCCn1c(=O)c2c(C)c(C(O)=C3C(=O)CCCC3=O)ccc2n(C/C=C/Cl)c1=O. The Hall–Kier alpha value is -2.93. The summed E-state index contributed by atoms with van der Waals surface area (Å²) in [5, 5.41) is 11.0. The number of ketones is 2. The first kappa shape index (κ1) is 21.8. The average molecular weight is 431 g/mol. The molecule has 0 saturated heterocycles. The molecule has 2 aromatic rings. The van der Waals surface area contributed by atoms with E-state index in [4.69, 9.17) is 11.6 Å². The maximum absolute atomic E-state index is 13.1. The highest BCUT2D eigenvalue weighted by atomic mass is 35.5. The van der Waals surface area contributed by atoms with E-state index in [2.05, 4.69) is 0 Å². The topological polar surface area (TPSA) is 98.4 Å². The molecule has 1 saturated carbocycles. The van der Waals surface area contributed by atoms with Crippen molar-refractivity contribution in [3.8, 4) is 0 Å². The number of aliphatic hydroxyl groups excluding tert-OH is 1. The van der Waals surface area contributed by atoms with Crippen molar-refractivity contribution in [2.24, 2.45) is 0 Å². The van der Waals surface area contributed by atoms with Crippen LogP contribution in [0.4, 0.5) is 0 Å². The zero-order chi connectivity index (χ0) is 22.0. The Morgan fingerprint density at radius 3 is 2.40 bits per heavy atom. The molecule has 1 aliphatic rings. The van der Waals surface area contributed by atoms with Gasteiger partial charge in [0.2, 0.25) is 0 Å². The molecule has 0 aliphatic heterocycles. The van der Waals surface area contributed by atoms with E-state index in [0.29, 0.717) is 23.9 Å². The van der Waals surface area contributed by atoms with E-state index < -0.39 is 28.6 Å². The van der Waals surface area contributed by atoms with Gasteiger partial charge in [0.05, 0.1) is 10.9 Å². The molecule has 158 valence electrons. The van der Waals surface area contributed by atoms with Gasteiger partial charge in [-0.15, -0.1) is 0 Å². The number of fused-ring (bicyclic) bond motifs is 1. The van der Waals surface area contributed by atoms with E-state index in [-0.39, 0.29) is 42.5 Å². The second-order valence-electron chi connectivity index (χ2n) is 7.27. The van der Waals surface area contributed by atoms with Crippen molar-refractivity contribution in [3.63, 3.8) is 0 Å². The van der Waals surface area contributed by atoms with Gasteiger partial charge in [0.15, 0.2) is 11.6 Å². The molecule has 3 rings (SSSR count). The lowest BCUT2D eigenvalue weighted by molar-refractivity contribution is -0.123. The number of aliphatic hydroxyl groups is 1. The zero-order valence-corrected chi connectivity index (χ0v) is 17.7. The predicted molar refractivity (Wildman–Crippen MR) is 116 cm³/mol. The minimum Gasteiger partial charge on any atom is -0.506 e. The first-order valence-corrected chi connectivity index (χ1v) is 10.3. The van der Waals surface area contributed by atoms with Crippen molar-refractivity contribution in [2.45, 2.75) is 52.6 Å². The van der Waals surface area contributed by atoms with E-state index in [1.54, 1.807) is 19.1 Å². The minimum absolute atomic E-state index is 0.172. The monoisotopic (exact) mass is 430 g/mol. The van der Waals surface area contributed by atoms with Crippen LogP contribution in [-0.4, -0.2) is 25.8 Å². The maximum Gasteiger partial charge on any atom is 0.331 e. The smallest absolute Gasteiger partial charge is 0.331 e. The van der Waals surface area contributed by atoms with Gasteiger partial charge in [0.25, 0.3) is 5.56 Å². The highest BCUT2D eigenvalue weighted by Gasteiger charge is 2.28. The van der Waals surface area contributed by atoms with Crippen molar-refractivity contribution in [1.82, 2.24) is 9.13 Å². The number of allylic oxidation sites excluding steroid dienone is 2. The van der Waals surface area contributed by atoms with Gasteiger partial charge in [-0.05, 0) is 37.5 Å². The lowest BCUT2D eigenvalue weighted by Crippen LogP contribution is -2.40. The van der Waals surface area contributed by atoms with Gasteiger partial charge in [-0.1, -0.05) is 24.6 Å². The number of nitrogens with zero attached hydrogens (tertiary/aromatic N) is 2. The lowest BCUT2D eigenvalue weighted by atomic mass is 9.88. The molecule has 7 nitrogen and oxygen atoms in total.